The van der Waals surface area contributed by atoms with E-state index in [1.165, 1.54) is 0 Å². The summed E-state index contributed by atoms with van der Waals surface area (Å²) in [7, 11) is -6.65. The van der Waals surface area contributed by atoms with Crippen LogP contribution in [0.3, 0.4) is 0 Å². The molecule has 0 aromatic carbocycles. The van der Waals surface area contributed by atoms with Gasteiger partial charge in [0.1, 0.15) is 0 Å². The molecule has 0 saturated heterocycles. The van der Waals surface area contributed by atoms with Gasteiger partial charge in [-0.1, -0.05) is 45.4 Å². The molecule has 0 saturated carbocycles. The largest absolute Gasteiger partial charge is 0.437 e. The van der Waals surface area contributed by atoms with Crippen LogP contribution in [0, 0.1) is 0 Å². The second kappa shape index (κ2) is 7.85. The molecule has 0 aliphatic carbocycles. The fraction of sp³-hybridized carbons (Fsp3) is 1.00. The van der Waals surface area contributed by atoms with Crippen molar-refractivity contribution >= 4 is 10.1 Å². The van der Waals surface area contributed by atoms with E-state index in [1.54, 1.807) is 0 Å². The van der Waals surface area contributed by atoms with Crippen molar-refractivity contribution in [1.29, 1.82) is 0 Å². The Morgan fingerprint density at radius 3 is 1.64 bits per heavy atom. The van der Waals surface area contributed by atoms with Crippen LogP contribution in [0.2, 0.25) is 0 Å². The van der Waals surface area contributed by atoms with E-state index in [0.717, 1.165) is 25.7 Å². The van der Waals surface area contributed by atoms with Gasteiger partial charge in [-0.3, -0.25) is 4.55 Å². The van der Waals surface area contributed by atoms with Crippen LogP contribution in [0.15, 0.2) is 0 Å². The second-order valence-electron chi connectivity index (χ2n) is 5.14. The summed E-state index contributed by atoms with van der Waals surface area (Å²) in [6.45, 7) is 1.97. The van der Waals surface area contributed by atoms with E-state index in [9.17, 15) is 34.8 Å². The van der Waals surface area contributed by atoms with Gasteiger partial charge in [-0.25, -0.2) is 0 Å². The summed E-state index contributed by atoms with van der Waals surface area (Å²) < 4.78 is 107. The predicted octanol–water partition coefficient (Wildman–Crippen LogP) is 4.88. The molecule has 10 heteroatoms. The smallest absolute Gasteiger partial charge is 0.281 e. The number of rotatable bonds is 11. The average molecular weight is 358 g/mol. The number of hydrogen-bond acceptors (Lipinski definition) is 2. The second-order valence-corrected chi connectivity index (χ2v) is 6.60. The van der Waals surface area contributed by atoms with Gasteiger partial charge in [-0.05, 0) is 6.42 Å². The van der Waals surface area contributed by atoms with Gasteiger partial charge in [0.05, 0.1) is 0 Å². The van der Waals surface area contributed by atoms with Gasteiger partial charge in [0.15, 0.2) is 0 Å². The Morgan fingerprint density at radius 1 is 0.818 bits per heavy atom. The van der Waals surface area contributed by atoms with E-state index in [0.29, 0.717) is 6.42 Å². The molecular formula is C12H20F6O3S. The molecule has 0 amide bonds. The maximum atomic E-state index is 13.3. The number of unbranched alkanes of at least 4 members (excludes halogenated alkanes) is 6. The Morgan fingerprint density at radius 2 is 1.23 bits per heavy atom. The molecule has 0 spiro atoms. The van der Waals surface area contributed by atoms with E-state index < -0.39 is 40.1 Å². The minimum absolute atomic E-state index is 0.146. The predicted molar refractivity (Wildman–Crippen MR) is 69.0 cm³/mol. The molecule has 0 aliphatic rings. The molecule has 0 radical (unpaired) electrons. The lowest BCUT2D eigenvalue weighted by atomic mass is 10.0. The molecule has 0 fully saturated rings. The fourth-order valence-electron chi connectivity index (χ4n) is 1.84. The van der Waals surface area contributed by atoms with Crippen molar-refractivity contribution in [2.45, 2.75) is 75.4 Å². The van der Waals surface area contributed by atoms with Crippen molar-refractivity contribution < 1.29 is 39.3 Å². The van der Waals surface area contributed by atoms with Gasteiger partial charge < -0.3 is 0 Å². The lowest BCUT2D eigenvalue weighted by molar-refractivity contribution is -0.282. The van der Waals surface area contributed by atoms with Crippen molar-refractivity contribution in [3.05, 3.63) is 0 Å². The summed E-state index contributed by atoms with van der Waals surface area (Å²) in [6.07, 6.45) is 2.11. The molecule has 0 aromatic rings. The zero-order chi connectivity index (χ0) is 17.7. The Bertz CT molecular complexity index is 436. The number of alkyl halides is 6. The average Bonchev–Trinajstić information content (AvgIpc) is 2.35. The Labute approximate surface area is 125 Å². The summed E-state index contributed by atoms with van der Waals surface area (Å²) in [6, 6.07) is 0. The minimum atomic E-state index is -6.65. The van der Waals surface area contributed by atoms with Crippen molar-refractivity contribution in [3.63, 3.8) is 0 Å². The molecule has 3 nitrogen and oxygen atoms in total. The first-order chi connectivity index (χ1) is 9.81. The molecule has 0 rings (SSSR count). The van der Waals surface area contributed by atoms with Crippen molar-refractivity contribution in [1.82, 2.24) is 0 Å². The first kappa shape index (κ1) is 21.5. The summed E-state index contributed by atoms with van der Waals surface area (Å²) >= 11 is 0. The first-order valence-corrected chi connectivity index (χ1v) is 8.35. The molecule has 0 unspecified atom stereocenters. The number of hydrogen-bond donors (Lipinski definition) is 1. The number of halogens is 6. The Kier molecular flexibility index (Phi) is 7.67. The highest BCUT2D eigenvalue weighted by atomic mass is 32.2. The first-order valence-electron chi connectivity index (χ1n) is 6.91. The van der Waals surface area contributed by atoms with Crippen LogP contribution in [0.5, 0.6) is 0 Å². The zero-order valence-corrected chi connectivity index (χ0v) is 12.9. The van der Waals surface area contributed by atoms with Crippen LogP contribution in [0.25, 0.3) is 0 Å². The minimum Gasteiger partial charge on any atom is -0.281 e. The quantitative estimate of drug-likeness (QED) is 0.325. The lowest BCUT2D eigenvalue weighted by Gasteiger charge is -2.30. The SMILES string of the molecule is CCCCCCCCCC(F)(F)C(F)(F)C(F)(F)S(=O)(=O)O. The van der Waals surface area contributed by atoms with Gasteiger partial charge in [0.25, 0.3) is 0 Å². The van der Waals surface area contributed by atoms with Gasteiger partial charge in [0.2, 0.25) is 0 Å². The van der Waals surface area contributed by atoms with E-state index in [1.807, 2.05) is 6.92 Å². The van der Waals surface area contributed by atoms with Crippen LogP contribution < -0.4 is 0 Å². The molecule has 134 valence electrons. The van der Waals surface area contributed by atoms with Crippen LogP contribution in [-0.2, 0) is 10.1 Å². The van der Waals surface area contributed by atoms with Gasteiger partial charge >= 0.3 is 27.2 Å². The standard InChI is InChI=1S/C12H20F6O3S/c1-2-3-4-5-6-7-8-9-10(13,14)11(15,16)12(17,18)22(19,20)21/h2-9H2,1H3,(H,19,20,21). The maximum Gasteiger partial charge on any atom is 0.437 e. The molecule has 0 heterocycles. The lowest BCUT2D eigenvalue weighted by Crippen LogP contribution is -2.57. The summed E-state index contributed by atoms with van der Waals surface area (Å²) in [5.41, 5.74) is 0. The third kappa shape index (κ3) is 5.00. The molecule has 0 atom stereocenters. The third-order valence-electron chi connectivity index (χ3n) is 3.24. The van der Waals surface area contributed by atoms with Crippen molar-refractivity contribution in [2.24, 2.45) is 0 Å². The van der Waals surface area contributed by atoms with Crippen molar-refractivity contribution in [2.75, 3.05) is 0 Å². The molecule has 0 bridgehead atoms. The summed E-state index contributed by atoms with van der Waals surface area (Å²) in [5.74, 6) is -11.4. The maximum absolute atomic E-state index is 13.3. The monoisotopic (exact) mass is 358 g/mol. The normalized spacial score (nSPS) is 14.4. The topological polar surface area (TPSA) is 54.4 Å². The fourth-order valence-corrected chi connectivity index (χ4v) is 2.31. The van der Waals surface area contributed by atoms with E-state index in [-0.39, 0.29) is 6.42 Å². The van der Waals surface area contributed by atoms with E-state index in [4.69, 9.17) is 4.55 Å². The highest BCUT2D eigenvalue weighted by Gasteiger charge is 2.76. The van der Waals surface area contributed by atoms with Crippen LogP contribution >= 0.6 is 0 Å². The van der Waals surface area contributed by atoms with Gasteiger partial charge in [-0.15, -0.1) is 0 Å². The molecule has 22 heavy (non-hydrogen) atoms. The van der Waals surface area contributed by atoms with Crippen LogP contribution in [0.1, 0.15) is 58.3 Å². The van der Waals surface area contributed by atoms with Crippen LogP contribution in [0.4, 0.5) is 26.3 Å². The molecule has 0 aliphatic heterocycles. The van der Waals surface area contributed by atoms with E-state index in [2.05, 4.69) is 0 Å². The highest BCUT2D eigenvalue weighted by Crippen LogP contribution is 2.50. The third-order valence-corrected chi connectivity index (χ3v) is 4.15. The van der Waals surface area contributed by atoms with Gasteiger partial charge in [-0.2, -0.15) is 34.8 Å². The van der Waals surface area contributed by atoms with E-state index >= 15 is 0 Å². The Balaban J connectivity index is 4.60. The Hall–Kier alpha value is -0.510. The van der Waals surface area contributed by atoms with Crippen LogP contribution in [-0.4, -0.2) is 30.1 Å². The molecule has 0 aromatic heterocycles. The summed E-state index contributed by atoms with van der Waals surface area (Å²) in [4.78, 5) is 0. The van der Waals surface area contributed by atoms with Gasteiger partial charge in [0, 0.05) is 6.42 Å². The highest BCUT2D eigenvalue weighted by molar-refractivity contribution is 7.87. The van der Waals surface area contributed by atoms with Crippen molar-refractivity contribution in [3.8, 4) is 0 Å². The summed E-state index contributed by atoms with van der Waals surface area (Å²) in [5, 5.41) is -6.25. The zero-order valence-electron chi connectivity index (χ0n) is 12.1. The molecular weight excluding hydrogens is 338 g/mol. The molecule has 1 N–H and O–H groups in total.